The second kappa shape index (κ2) is 8.17. The van der Waals surface area contributed by atoms with Crippen LogP contribution < -0.4 is 5.32 Å². The molecule has 0 bridgehead atoms. The predicted octanol–water partition coefficient (Wildman–Crippen LogP) is 4.09. The van der Waals surface area contributed by atoms with Gasteiger partial charge in [-0.3, -0.25) is 9.89 Å². The molecule has 0 atom stereocenters. The highest BCUT2D eigenvalue weighted by molar-refractivity contribution is 6.30. The van der Waals surface area contributed by atoms with E-state index in [0.29, 0.717) is 16.4 Å². The molecule has 5 nitrogen and oxygen atoms in total. The van der Waals surface area contributed by atoms with Crippen LogP contribution in [0.15, 0.2) is 54.6 Å². The summed E-state index contributed by atoms with van der Waals surface area (Å²) in [6, 6.07) is 17.0. The number of hydrogen-bond donors (Lipinski definition) is 2. The van der Waals surface area contributed by atoms with Gasteiger partial charge in [-0.25, -0.2) is 0 Å². The summed E-state index contributed by atoms with van der Waals surface area (Å²) in [4.78, 5) is 14.6. The molecule has 134 valence electrons. The number of halogens is 1. The molecule has 26 heavy (non-hydrogen) atoms. The third-order valence-corrected chi connectivity index (χ3v) is 4.24. The summed E-state index contributed by atoms with van der Waals surface area (Å²) >= 11 is 6.00. The first-order valence-electron chi connectivity index (χ1n) is 8.37. The van der Waals surface area contributed by atoms with Gasteiger partial charge in [0.25, 0.3) is 5.91 Å². The predicted molar refractivity (Wildman–Crippen MR) is 106 cm³/mol. The molecule has 1 aromatic heterocycles. The van der Waals surface area contributed by atoms with Crippen LogP contribution in [0, 0.1) is 0 Å². The van der Waals surface area contributed by atoms with Gasteiger partial charge in [-0.15, -0.1) is 0 Å². The van der Waals surface area contributed by atoms with Crippen molar-refractivity contribution in [1.29, 1.82) is 0 Å². The van der Waals surface area contributed by atoms with Crippen LogP contribution >= 0.6 is 11.6 Å². The molecule has 0 aliphatic carbocycles. The Morgan fingerprint density at radius 1 is 1.15 bits per heavy atom. The Labute approximate surface area is 158 Å². The molecule has 0 saturated carbocycles. The van der Waals surface area contributed by atoms with Crippen LogP contribution in [0.2, 0.25) is 5.02 Å². The third kappa shape index (κ3) is 4.71. The average molecular weight is 369 g/mol. The summed E-state index contributed by atoms with van der Waals surface area (Å²) in [5.41, 5.74) is 3.93. The first kappa shape index (κ1) is 18.2. The summed E-state index contributed by atoms with van der Waals surface area (Å²) < 4.78 is 0. The van der Waals surface area contributed by atoms with E-state index in [2.05, 4.69) is 34.5 Å². The van der Waals surface area contributed by atoms with E-state index in [9.17, 15) is 4.79 Å². The molecule has 3 rings (SSSR count). The Morgan fingerprint density at radius 2 is 1.92 bits per heavy atom. The number of benzene rings is 2. The zero-order valence-corrected chi connectivity index (χ0v) is 15.5. The monoisotopic (exact) mass is 368 g/mol. The van der Waals surface area contributed by atoms with E-state index in [1.165, 1.54) is 5.56 Å². The first-order valence-corrected chi connectivity index (χ1v) is 8.75. The molecule has 0 radical (unpaired) electrons. The number of carbonyl (C=O) groups is 1. The van der Waals surface area contributed by atoms with Gasteiger partial charge in [0.05, 0.1) is 5.69 Å². The Kier molecular flexibility index (Phi) is 5.71. The van der Waals surface area contributed by atoms with E-state index in [1.807, 2.05) is 42.5 Å². The first-order chi connectivity index (χ1) is 12.5. The van der Waals surface area contributed by atoms with Gasteiger partial charge in [-0.05, 0) is 56.4 Å². The molecule has 0 saturated heterocycles. The fraction of sp³-hybridized carbons (Fsp3) is 0.200. The number of carbonyl (C=O) groups excluding carboxylic acids is 1. The second-order valence-corrected chi connectivity index (χ2v) is 6.82. The minimum Gasteiger partial charge on any atom is -0.321 e. The van der Waals surface area contributed by atoms with Crippen molar-refractivity contribution in [2.24, 2.45) is 0 Å². The highest BCUT2D eigenvalue weighted by Gasteiger charge is 2.11. The minimum atomic E-state index is -0.230. The topological polar surface area (TPSA) is 61.0 Å². The molecular formula is C20H21ClN4O. The maximum atomic E-state index is 12.4. The molecule has 0 spiro atoms. The van der Waals surface area contributed by atoms with E-state index in [-0.39, 0.29) is 5.91 Å². The average Bonchev–Trinajstić information content (AvgIpc) is 3.11. The SMILES string of the molecule is CN(C)CCc1ccc(NC(=O)c2cc(-c3cccc(Cl)c3)n[nH]2)cc1. The zero-order chi connectivity index (χ0) is 18.5. The smallest absolute Gasteiger partial charge is 0.273 e. The van der Waals surface area contributed by atoms with Gasteiger partial charge in [-0.1, -0.05) is 35.9 Å². The Balaban J connectivity index is 1.65. The molecule has 0 aliphatic rings. The van der Waals surface area contributed by atoms with Crippen LogP contribution in [0.3, 0.4) is 0 Å². The lowest BCUT2D eigenvalue weighted by Gasteiger charge is -2.10. The van der Waals surface area contributed by atoms with Crippen LogP contribution in [-0.2, 0) is 6.42 Å². The molecule has 2 aromatic carbocycles. The molecule has 1 heterocycles. The van der Waals surface area contributed by atoms with Crippen LogP contribution in [-0.4, -0.2) is 41.6 Å². The summed E-state index contributed by atoms with van der Waals surface area (Å²) in [6.45, 7) is 0.992. The van der Waals surface area contributed by atoms with Gasteiger partial charge >= 0.3 is 0 Å². The van der Waals surface area contributed by atoms with Gasteiger partial charge in [0.2, 0.25) is 0 Å². The fourth-order valence-corrected chi connectivity index (χ4v) is 2.73. The van der Waals surface area contributed by atoms with E-state index < -0.39 is 0 Å². The highest BCUT2D eigenvalue weighted by Crippen LogP contribution is 2.21. The zero-order valence-electron chi connectivity index (χ0n) is 14.8. The van der Waals surface area contributed by atoms with Crippen molar-refractivity contribution in [1.82, 2.24) is 15.1 Å². The molecule has 0 unspecified atom stereocenters. The van der Waals surface area contributed by atoms with Crippen molar-refractivity contribution in [2.75, 3.05) is 26.0 Å². The number of likely N-dealkylation sites (N-methyl/N-ethyl adjacent to an activating group) is 1. The molecule has 0 aliphatic heterocycles. The number of nitrogens with zero attached hydrogens (tertiary/aromatic N) is 2. The Hall–Kier alpha value is -2.63. The number of aromatic amines is 1. The van der Waals surface area contributed by atoms with Gasteiger partial charge in [0.15, 0.2) is 0 Å². The second-order valence-electron chi connectivity index (χ2n) is 6.38. The Bertz CT molecular complexity index is 887. The summed E-state index contributed by atoms with van der Waals surface area (Å²) in [7, 11) is 4.10. The number of rotatable bonds is 6. The quantitative estimate of drug-likeness (QED) is 0.689. The lowest BCUT2D eigenvalue weighted by molar-refractivity contribution is 0.102. The lowest BCUT2D eigenvalue weighted by atomic mass is 10.1. The summed E-state index contributed by atoms with van der Waals surface area (Å²) in [5, 5.41) is 10.5. The number of anilines is 1. The number of aromatic nitrogens is 2. The number of H-pyrrole nitrogens is 1. The van der Waals surface area contributed by atoms with Gasteiger partial charge in [0.1, 0.15) is 5.69 Å². The van der Waals surface area contributed by atoms with E-state index in [0.717, 1.165) is 24.2 Å². The molecule has 0 fully saturated rings. The molecule has 3 aromatic rings. The van der Waals surface area contributed by atoms with Crippen molar-refractivity contribution >= 4 is 23.2 Å². The van der Waals surface area contributed by atoms with Crippen molar-refractivity contribution in [3.05, 3.63) is 70.9 Å². The Morgan fingerprint density at radius 3 is 2.62 bits per heavy atom. The fourth-order valence-electron chi connectivity index (χ4n) is 2.54. The van der Waals surface area contributed by atoms with Crippen LogP contribution in [0.4, 0.5) is 5.69 Å². The number of hydrogen-bond acceptors (Lipinski definition) is 3. The van der Waals surface area contributed by atoms with Crippen LogP contribution in [0.1, 0.15) is 16.1 Å². The molecule has 2 N–H and O–H groups in total. The van der Waals surface area contributed by atoms with Gasteiger partial charge < -0.3 is 10.2 Å². The summed E-state index contributed by atoms with van der Waals surface area (Å²) in [6.07, 6.45) is 0.977. The van der Waals surface area contributed by atoms with Gasteiger partial charge in [0, 0.05) is 22.8 Å². The van der Waals surface area contributed by atoms with Crippen molar-refractivity contribution in [3.8, 4) is 11.3 Å². The molecule has 6 heteroatoms. The number of amides is 1. The highest BCUT2D eigenvalue weighted by atomic mass is 35.5. The van der Waals surface area contributed by atoms with Gasteiger partial charge in [-0.2, -0.15) is 5.10 Å². The van der Waals surface area contributed by atoms with E-state index in [1.54, 1.807) is 12.1 Å². The van der Waals surface area contributed by atoms with Crippen molar-refractivity contribution < 1.29 is 4.79 Å². The molecule has 1 amide bonds. The number of nitrogens with one attached hydrogen (secondary N) is 2. The largest absolute Gasteiger partial charge is 0.321 e. The third-order valence-electron chi connectivity index (χ3n) is 4.00. The maximum Gasteiger partial charge on any atom is 0.273 e. The van der Waals surface area contributed by atoms with Crippen LogP contribution in [0.5, 0.6) is 0 Å². The van der Waals surface area contributed by atoms with E-state index in [4.69, 9.17) is 11.6 Å². The van der Waals surface area contributed by atoms with Crippen molar-refractivity contribution in [3.63, 3.8) is 0 Å². The van der Waals surface area contributed by atoms with Crippen LogP contribution in [0.25, 0.3) is 11.3 Å². The standard InChI is InChI=1S/C20H21ClN4O/c1-25(2)11-10-14-6-8-17(9-7-14)22-20(26)19-13-18(23-24-19)15-4-3-5-16(21)12-15/h3-9,12-13H,10-11H2,1-2H3,(H,22,26)(H,23,24). The minimum absolute atomic E-state index is 0.230. The maximum absolute atomic E-state index is 12.4. The lowest BCUT2D eigenvalue weighted by Crippen LogP contribution is -2.15. The molecular weight excluding hydrogens is 348 g/mol. The normalized spacial score (nSPS) is 10.9. The van der Waals surface area contributed by atoms with Crippen molar-refractivity contribution in [2.45, 2.75) is 6.42 Å². The van der Waals surface area contributed by atoms with E-state index >= 15 is 0 Å². The summed E-state index contributed by atoms with van der Waals surface area (Å²) in [5.74, 6) is -0.230.